The summed E-state index contributed by atoms with van der Waals surface area (Å²) in [7, 11) is 0. The average Bonchev–Trinajstić information content (AvgIpc) is 2.36. The van der Waals surface area contributed by atoms with Crippen LogP contribution in [0.15, 0.2) is 30.3 Å². The van der Waals surface area contributed by atoms with Crippen LogP contribution in [0.2, 0.25) is 0 Å². The third-order valence-electron chi connectivity index (χ3n) is 2.76. The zero-order chi connectivity index (χ0) is 13.0. The Morgan fingerprint density at radius 1 is 1.11 bits per heavy atom. The maximum atomic E-state index is 11.8. The van der Waals surface area contributed by atoms with Crippen LogP contribution in [0.1, 0.15) is 16.8 Å². The van der Waals surface area contributed by atoms with Gasteiger partial charge in [-0.3, -0.25) is 24.6 Å². The van der Waals surface area contributed by atoms with E-state index in [0.717, 1.165) is 0 Å². The second kappa shape index (κ2) is 5.55. The van der Waals surface area contributed by atoms with Crippen LogP contribution in [0.5, 0.6) is 0 Å². The standard InChI is InChI=1S/C13H14N2O3/c16-11(10-4-2-1-3-5-10)6-7-15-8-12(17)14-13(18)9-15/h1-5H,6-9H2,(H,14,17,18). The maximum absolute atomic E-state index is 11.8. The van der Waals surface area contributed by atoms with E-state index >= 15 is 0 Å². The second-order valence-electron chi connectivity index (χ2n) is 4.22. The van der Waals surface area contributed by atoms with Gasteiger partial charge in [0.15, 0.2) is 5.78 Å². The molecule has 0 radical (unpaired) electrons. The van der Waals surface area contributed by atoms with E-state index in [9.17, 15) is 14.4 Å². The van der Waals surface area contributed by atoms with Gasteiger partial charge in [-0.1, -0.05) is 30.3 Å². The molecule has 0 bridgehead atoms. The lowest BCUT2D eigenvalue weighted by Gasteiger charge is -2.24. The largest absolute Gasteiger partial charge is 0.294 e. The normalized spacial score (nSPS) is 16.4. The Kier molecular flexibility index (Phi) is 3.84. The van der Waals surface area contributed by atoms with Crippen LogP contribution in [0.25, 0.3) is 0 Å². The van der Waals surface area contributed by atoms with Gasteiger partial charge in [-0.15, -0.1) is 0 Å². The van der Waals surface area contributed by atoms with E-state index in [1.165, 1.54) is 0 Å². The Morgan fingerprint density at radius 2 is 1.72 bits per heavy atom. The molecule has 2 rings (SSSR count). The van der Waals surface area contributed by atoms with Crippen molar-refractivity contribution in [2.24, 2.45) is 0 Å². The SMILES string of the molecule is O=C1CN(CCC(=O)c2ccccc2)CC(=O)N1. The lowest BCUT2D eigenvalue weighted by Crippen LogP contribution is -2.51. The zero-order valence-corrected chi connectivity index (χ0v) is 9.89. The molecule has 1 aliphatic heterocycles. The highest BCUT2D eigenvalue weighted by atomic mass is 16.2. The number of ketones is 1. The smallest absolute Gasteiger partial charge is 0.240 e. The Labute approximate surface area is 105 Å². The highest BCUT2D eigenvalue weighted by Gasteiger charge is 2.22. The molecule has 0 spiro atoms. The lowest BCUT2D eigenvalue weighted by molar-refractivity contribution is -0.136. The van der Waals surface area contributed by atoms with Crippen LogP contribution in [0.4, 0.5) is 0 Å². The molecular weight excluding hydrogens is 232 g/mol. The van der Waals surface area contributed by atoms with Crippen LogP contribution in [0.3, 0.4) is 0 Å². The highest BCUT2D eigenvalue weighted by molar-refractivity contribution is 5.99. The first-order valence-corrected chi connectivity index (χ1v) is 5.78. The summed E-state index contributed by atoms with van der Waals surface area (Å²) in [5, 5.41) is 2.22. The second-order valence-corrected chi connectivity index (χ2v) is 4.22. The number of amides is 2. The van der Waals surface area contributed by atoms with Gasteiger partial charge < -0.3 is 0 Å². The van der Waals surface area contributed by atoms with Crippen molar-refractivity contribution in [3.63, 3.8) is 0 Å². The molecule has 1 aromatic carbocycles. The van der Waals surface area contributed by atoms with Gasteiger partial charge in [0, 0.05) is 18.5 Å². The summed E-state index contributed by atoms with van der Waals surface area (Å²) in [4.78, 5) is 35.8. The highest BCUT2D eigenvalue weighted by Crippen LogP contribution is 2.05. The van der Waals surface area contributed by atoms with Crippen molar-refractivity contribution in [2.45, 2.75) is 6.42 Å². The number of nitrogens with zero attached hydrogens (tertiary/aromatic N) is 1. The monoisotopic (exact) mass is 246 g/mol. The first-order valence-electron chi connectivity index (χ1n) is 5.78. The van der Waals surface area contributed by atoms with Crippen molar-refractivity contribution in [1.29, 1.82) is 0 Å². The Hall–Kier alpha value is -2.01. The van der Waals surface area contributed by atoms with Gasteiger partial charge in [-0.05, 0) is 0 Å². The fourth-order valence-corrected chi connectivity index (χ4v) is 1.88. The van der Waals surface area contributed by atoms with Gasteiger partial charge in [-0.25, -0.2) is 0 Å². The number of Topliss-reactive ketones (excluding diaryl/α,β-unsaturated/α-hetero) is 1. The summed E-state index contributed by atoms with van der Waals surface area (Å²) in [6.45, 7) is 0.772. The van der Waals surface area contributed by atoms with Crippen molar-refractivity contribution < 1.29 is 14.4 Å². The molecule has 2 amide bonds. The van der Waals surface area contributed by atoms with Crippen LogP contribution in [0, 0.1) is 0 Å². The Balaban J connectivity index is 1.86. The van der Waals surface area contributed by atoms with Gasteiger partial charge in [0.2, 0.25) is 11.8 Å². The van der Waals surface area contributed by atoms with Crippen LogP contribution in [-0.4, -0.2) is 42.1 Å². The number of carbonyl (C=O) groups excluding carboxylic acids is 3. The summed E-state index contributed by atoms with van der Waals surface area (Å²) in [5.74, 6) is -0.592. The van der Waals surface area contributed by atoms with Gasteiger partial charge in [0.05, 0.1) is 13.1 Å². The number of benzene rings is 1. The summed E-state index contributed by atoms with van der Waals surface area (Å²) < 4.78 is 0. The number of carbonyl (C=O) groups is 3. The molecule has 5 heteroatoms. The molecule has 5 nitrogen and oxygen atoms in total. The summed E-state index contributed by atoms with van der Waals surface area (Å²) in [5.41, 5.74) is 0.658. The van der Waals surface area contributed by atoms with E-state index in [-0.39, 0.29) is 30.7 Å². The molecule has 0 saturated carbocycles. The van der Waals surface area contributed by atoms with Gasteiger partial charge in [0.1, 0.15) is 0 Å². The zero-order valence-electron chi connectivity index (χ0n) is 9.89. The minimum Gasteiger partial charge on any atom is -0.294 e. The van der Waals surface area contributed by atoms with Crippen molar-refractivity contribution in [1.82, 2.24) is 10.2 Å². The molecule has 94 valence electrons. The molecule has 0 atom stereocenters. The summed E-state index contributed by atoms with van der Waals surface area (Å²) in [6, 6.07) is 8.99. The van der Waals surface area contributed by atoms with E-state index in [1.807, 2.05) is 18.2 Å². The number of imide groups is 1. The van der Waals surface area contributed by atoms with Crippen molar-refractivity contribution in [3.8, 4) is 0 Å². The average molecular weight is 246 g/mol. The predicted molar refractivity (Wildman–Crippen MR) is 65.0 cm³/mol. The molecule has 18 heavy (non-hydrogen) atoms. The quantitative estimate of drug-likeness (QED) is 0.609. The summed E-state index contributed by atoms with van der Waals surface area (Å²) >= 11 is 0. The number of piperazine rings is 1. The fraction of sp³-hybridized carbons (Fsp3) is 0.308. The van der Waals surface area contributed by atoms with Crippen molar-refractivity contribution in [2.75, 3.05) is 19.6 Å². The topological polar surface area (TPSA) is 66.5 Å². The van der Waals surface area contributed by atoms with E-state index < -0.39 is 0 Å². The van der Waals surface area contributed by atoms with E-state index in [0.29, 0.717) is 18.5 Å². The fourth-order valence-electron chi connectivity index (χ4n) is 1.88. The molecule has 1 saturated heterocycles. The summed E-state index contributed by atoms with van der Waals surface area (Å²) in [6.07, 6.45) is 0.310. The van der Waals surface area contributed by atoms with Gasteiger partial charge in [0.25, 0.3) is 0 Å². The Bertz CT molecular complexity index is 454. The minimum atomic E-state index is -0.307. The van der Waals surface area contributed by atoms with Crippen molar-refractivity contribution in [3.05, 3.63) is 35.9 Å². The first-order chi connectivity index (χ1) is 8.65. The molecule has 1 N–H and O–H groups in total. The molecular formula is C13H14N2O3. The van der Waals surface area contributed by atoms with E-state index in [4.69, 9.17) is 0 Å². The van der Waals surface area contributed by atoms with Crippen LogP contribution >= 0.6 is 0 Å². The van der Waals surface area contributed by atoms with Crippen molar-refractivity contribution >= 4 is 17.6 Å². The minimum absolute atomic E-state index is 0.0223. The predicted octanol–water partition coefficient (Wildman–Crippen LogP) is 0.218. The van der Waals surface area contributed by atoms with Crippen LogP contribution < -0.4 is 5.32 Å². The van der Waals surface area contributed by atoms with E-state index in [1.54, 1.807) is 17.0 Å². The molecule has 0 aromatic heterocycles. The van der Waals surface area contributed by atoms with E-state index in [2.05, 4.69) is 5.32 Å². The Morgan fingerprint density at radius 3 is 2.33 bits per heavy atom. The van der Waals surface area contributed by atoms with Gasteiger partial charge in [-0.2, -0.15) is 0 Å². The number of hydrogen-bond acceptors (Lipinski definition) is 4. The molecule has 1 fully saturated rings. The lowest BCUT2D eigenvalue weighted by atomic mass is 10.1. The van der Waals surface area contributed by atoms with Gasteiger partial charge >= 0.3 is 0 Å². The molecule has 1 aromatic rings. The molecule has 0 unspecified atom stereocenters. The number of nitrogens with one attached hydrogen (secondary N) is 1. The molecule has 1 heterocycles. The third-order valence-corrected chi connectivity index (χ3v) is 2.76. The molecule has 1 aliphatic rings. The molecule has 0 aliphatic carbocycles. The number of rotatable bonds is 4. The third kappa shape index (κ3) is 3.24. The maximum Gasteiger partial charge on any atom is 0.240 e. The van der Waals surface area contributed by atoms with Crippen LogP contribution in [-0.2, 0) is 9.59 Å². The first kappa shape index (κ1) is 12.4. The number of hydrogen-bond donors (Lipinski definition) is 1.